The zero-order valence-electron chi connectivity index (χ0n) is 15.2. The Morgan fingerprint density at radius 1 is 1.32 bits per heavy atom. The molecule has 1 rings (SSSR count). The van der Waals surface area contributed by atoms with Gasteiger partial charge in [0.2, 0.25) is 0 Å². The van der Waals surface area contributed by atoms with Crippen LogP contribution in [-0.2, 0) is 6.54 Å². The van der Waals surface area contributed by atoms with Crippen LogP contribution in [0.15, 0.2) is 27.7 Å². The lowest BCUT2D eigenvalue weighted by Gasteiger charge is -2.20. The van der Waals surface area contributed by atoms with Crippen LogP contribution in [-0.4, -0.2) is 30.8 Å². The van der Waals surface area contributed by atoms with E-state index in [0.717, 1.165) is 30.4 Å². The average molecular weight is 530 g/mol. The number of aliphatic hydroxyl groups excluding tert-OH is 1. The van der Waals surface area contributed by atoms with Crippen LogP contribution < -0.4 is 10.6 Å². The number of rotatable bonds is 9. The van der Waals surface area contributed by atoms with Gasteiger partial charge >= 0.3 is 0 Å². The number of nitrogens with zero attached hydrogens (tertiary/aromatic N) is 1. The quantitative estimate of drug-likeness (QED) is 0.254. The Bertz CT molecular complexity index is 529. The van der Waals surface area contributed by atoms with Gasteiger partial charge in [0.05, 0.1) is 6.54 Å². The first-order valence-corrected chi connectivity index (χ1v) is 9.32. The Morgan fingerprint density at radius 3 is 2.64 bits per heavy atom. The van der Waals surface area contributed by atoms with Crippen molar-refractivity contribution in [2.45, 2.75) is 40.2 Å². The van der Waals surface area contributed by atoms with Gasteiger partial charge in [-0.1, -0.05) is 29.8 Å². The number of nitrogens with one attached hydrogen (secondary N) is 2. The molecule has 4 nitrogen and oxygen atoms in total. The molecule has 1 aromatic rings. The number of hydrogen-bond acceptors (Lipinski definition) is 2. The van der Waals surface area contributed by atoms with E-state index in [-0.39, 0.29) is 42.9 Å². The number of guanidine groups is 1. The normalized spacial score (nSPS) is 12.7. The largest absolute Gasteiger partial charge is 0.396 e. The topological polar surface area (TPSA) is 56.7 Å². The minimum absolute atomic E-state index is 0. The molecule has 1 unspecified atom stereocenters. The van der Waals surface area contributed by atoms with E-state index >= 15 is 0 Å². The van der Waals surface area contributed by atoms with Crippen molar-refractivity contribution in [2.24, 2.45) is 16.8 Å². The number of aliphatic imine (C=N–C) groups is 1. The molecule has 0 fully saturated rings. The second-order valence-electron chi connectivity index (χ2n) is 6.32. The van der Waals surface area contributed by atoms with Gasteiger partial charge in [-0.25, -0.2) is 9.38 Å². The first kappa shape index (κ1) is 24.6. The van der Waals surface area contributed by atoms with Gasteiger partial charge in [-0.05, 0) is 49.8 Å². The van der Waals surface area contributed by atoms with Crippen molar-refractivity contribution >= 4 is 45.9 Å². The van der Waals surface area contributed by atoms with Crippen LogP contribution in [0.1, 0.15) is 39.2 Å². The van der Waals surface area contributed by atoms with Gasteiger partial charge in [0.15, 0.2) is 5.96 Å². The molecule has 0 aromatic heterocycles. The van der Waals surface area contributed by atoms with Crippen LogP contribution in [0.3, 0.4) is 0 Å². The van der Waals surface area contributed by atoms with Gasteiger partial charge in [-0.15, -0.1) is 24.0 Å². The summed E-state index contributed by atoms with van der Waals surface area (Å²) in [6, 6.07) is 4.86. The van der Waals surface area contributed by atoms with Gasteiger partial charge in [0, 0.05) is 29.7 Å². The molecule has 25 heavy (non-hydrogen) atoms. The molecule has 0 heterocycles. The lowest BCUT2D eigenvalue weighted by molar-refractivity contribution is 0.243. The first-order valence-electron chi connectivity index (χ1n) is 8.53. The number of benzene rings is 1. The highest BCUT2D eigenvalue weighted by Gasteiger charge is 2.11. The molecule has 0 radical (unpaired) electrons. The lowest BCUT2D eigenvalue weighted by Crippen LogP contribution is -2.40. The van der Waals surface area contributed by atoms with Gasteiger partial charge in [0.1, 0.15) is 5.82 Å². The van der Waals surface area contributed by atoms with Crippen LogP contribution in [0.5, 0.6) is 0 Å². The summed E-state index contributed by atoms with van der Waals surface area (Å²) >= 11 is 3.35. The van der Waals surface area contributed by atoms with Crippen molar-refractivity contribution in [3.8, 4) is 0 Å². The van der Waals surface area contributed by atoms with E-state index < -0.39 is 0 Å². The summed E-state index contributed by atoms with van der Waals surface area (Å²) in [6.45, 7) is 8.30. The molecule has 3 N–H and O–H groups in total. The van der Waals surface area contributed by atoms with Crippen LogP contribution in [0.2, 0.25) is 0 Å². The molecule has 0 aliphatic rings. The molecule has 0 aliphatic heterocycles. The molecule has 0 spiro atoms. The third-order valence-corrected chi connectivity index (χ3v) is 4.15. The maximum Gasteiger partial charge on any atom is 0.191 e. The van der Waals surface area contributed by atoms with Crippen molar-refractivity contribution in [1.29, 1.82) is 0 Å². The van der Waals surface area contributed by atoms with Crippen molar-refractivity contribution in [1.82, 2.24) is 10.6 Å². The third-order valence-electron chi connectivity index (χ3n) is 3.66. The summed E-state index contributed by atoms with van der Waals surface area (Å²) in [5.74, 6) is 1.39. The summed E-state index contributed by atoms with van der Waals surface area (Å²) in [5, 5.41) is 15.7. The van der Waals surface area contributed by atoms with Crippen LogP contribution in [0.4, 0.5) is 4.39 Å². The molecule has 0 amide bonds. The molecular formula is C18H30BrFIN3O. The van der Waals surface area contributed by atoms with Crippen LogP contribution >= 0.6 is 39.9 Å². The maximum absolute atomic E-state index is 13.8. The van der Waals surface area contributed by atoms with E-state index in [1.165, 1.54) is 6.07 Å². The zero-order chi connectivity index (χ0) is 17.9. The number of aliphatic hydroxyl groups is 1. The van der Waals surface area contributed by atoms with Gasteiger partial charge in [-0.3, -0.25) is 0 Å². The monoisotopic (exact) mass is 529 g/mol. The van der Waals surface area contributed by atoms with Crippen LogP contribution in [0, 0.1) is 17.7 Å². The zero-order valence-corrected chi connectivity index (χ0v) is 19.1. The van der Waals surface area contributed by atoms with E-state index in [4.69, 9.17) is 0 Å². The molecular weight excluding hydrogens is 500 g/mol. The van der Waals surface area contributed by atoms with Gasteiger partial charge < -0.3 is 15.7 Å². The molecule has 0 saturated heterocycles. The maximum atomic E-state index is 13.8. The van der Waals surface area contributed by atoms with Crippen LogP contribution in [0.25, 0.3) is 0 Å². The second kappa shape index (κ2) is 13.7. The van der Waals surface area contributed by atoms with Crippen molar-refractivity contribution in [3.63, 3.8) is 0 Å². The summed E-state index contributed by atoms with van der Waals surface area (Å²) in [6.07, 6.45) is 1.82. The Kier molecular flexibility index (Phi) is 13.5. The fourth-order valence-electron chi connectivity index (χ4n) is 2.56. The van der Waals surface area contributed by atoms with E-state index in [0.29, 0.717) is 23.4 Å². The van der Waals surface area contributed by atoms with Crippen molar-refractivity contribution in [3.05, 3.63) is 34.1 Å². The smallest absolute Gasteiger partial charge is 0.191 e. The van der Waals surface area contributed by atoms with E-state index in [1.54, 1.807) is 12.1 Å². The molecule has 0 aliphatic carbocycles. The summed E-state index contributed by atoms with van der Waals surface area (Å²) in [5.41, 5.74) is 0.552. The predicted molar refractivity (Wildman–Crippen MR) is 117 cm³/mol. The summed E-state index contributed by atoms with van der Waals surface area (Å²) in [4.78, 5) is 4.47. The molecule has 0 saturated carbocycles. The number of hydrogen-bond donors (Lipinski definition) is 3. The molecule has 1 atom stereocenters. The van der Waals surface area contributed by atoms with Crippen molar-refractivity contribution < 1.29 is 9.50 Å². The second-order valence-corrected chi connectivity index (χ2v) is 7.24. The van der Waals surface area contributed by atoms with E-state index in [1.807, 2.05) is 6.92 Å². The first-order chi connectivity index (χ1) is 11.5. The fraction of sp³-hybridized carbons (Fsp3) is 0.611. The fourth-order valence-corrected chi connectivity index (χ4v) is 2.97. The summed E-state index contributed by atoms with van der Waals surface area (Å²) in [7, 11) is 0. The highest BCUT2D eigenvalue weighted by atomic mass is 127. The highest BCUT2D eigenvalue weighted by molar-refractivity contribution is 14.0. The number of halogens is 3. The van der Waals surface area contributed by atoms with E-state index in [9.17, 15) is 9.50 Å². The minimum Gasteiger partial charge on any atom is -0.396 e. The Hall–Kier alpha value is -0.410. The molecule has 0 bridgehead atoms. The SMILES string of the molecule is CCNC(=NCc1cc(Br)ccc1F)NCC(CCO)CC(C)C.I. The molecule has 144 valence electrons. The highest BCUT2D eigenvalue weighted by Crippen LogP contribution is 2.16. The van der Waals surface area contributed by atoms with Gasteiger partial charge in [-0.2, -0.15) is 0 Å². The molecule has 7 heteroatoms. The predicted octanol–water partition coefficient (Wildman–Crippen LogP) is 4.31. The lowest BCUT2D eigenvalue weighted by atomic mass is 9.94. The average Bonchev–Trinajstić information content (AvgIpc) is 2.52. The van der Waals surface area contributed by atoms with E-state index in [2.05, 4.69) is 45.4 Å². The Morgan fingerprint density at radius 2 is 2.04 bits per heavy atom. The third kappa shape index (κ3) is 10.4. The van der Waals surface area contributed by atoms with Crippen molar-refractivity contribution in [2.75, 3.05) is 19.7 Å². The summed E-state index contributed by atoms with van der Waals surface area (Å²) < 4.78 is 14.6. The van der Waals surface area contributed by atoms with Gasteiger partial charge in [0.25, 0.3) is 0 Å². The Balaban J connectivity index is 0.00000576. The minimum atomic E-state index is -0.254. The molecule has 1 aromatic carbocycles. The Labute approximate surface area is 176 Å². The standard InChI is InChI=1S/C18H29BrFN3O.HI/c1-4-21-18(22-11-14(7-8-24)9-13(2)3)23-12-15-10-16(19)5-6-17(15)20;/h5-6,10,13-14,24H,4,7-9,11-12H2,1-3H3,(H2,21,22,23);1H.